The molecule has 2 amide bonds. The topological polar surface area (TPSA) is 71.5 Å². The Balaban J connectivity index is 1.48. The number of carbonyl (C=O) groups excluding carboxylic acids is 2. The molecular formula is C19H19F2N3O3S. The molecular weight excluding hydrogens is 388 g/mol. The second-order valence-corrected chi connectivity index (χ2v) is 7.73. The van der Waals surface area contributed by atoms with Gasteiger partial charge in [-0.2, -0.15) is 8.78 Å². The van der Waals surface area contributed by atoms with Gasteiger partial charge in [0.25, 0.3) is 5.91 Å². The molecule has 1 atom stereocenters. The van der Waals surface area contributed by atoms with Crippen LogP contribution in [-0.4, -0.2) is 40.9 Å². The van der Waals surface area contributed by atoms with Crippen LogP contribution in [0.4, 0.5) is 13.9 Å². The van der Waals surface area contributed by atoms with Gasteiger partial charge in [0.1, 0.15) is 11.8 Å². The van der Waals surface area contributed by atoms with E-state index in [0.29, 0.717) is 30.4 Å². The number of nitrogens with zero attached hydrogens (tertiary/aromatic N) is 2. The first-order valence-electron chi connectivity index (χ1n) is 9.14. The average Bonchev–Trinajstić information content (AvgIpc) is 3.21. The van der Waals surface area contributed by atoms with E-state index >= 15 is 0 Å². The van der Waals surface area contributed by atoms with Crippen LogP contribution in [0, 0.1) is 0 Å². The number of aromatic nitrogens is 1. The SMILES string of the molecule is O=C(Nc1nc(C2CC2)cs1)C1CCCN1C(=O)c1ccccc1OC(F)F. The molecule has 1 aromatic carbocycles. The highest BCUT2D eigenvalue weighted by molar-refractivity contribution is 7.13. The largest absolute Gasteiger partial charge is 0.434 e. The lowest BCUT2D eigenvalue weighted by Gasteiger charge is -2.24. The summed E-state index contributed by atoms with van der Waals surface area (Å²) in [5, 5.41) is 5.26. The van der Waals surface area contributed by atoms with Gasteiger partial charge in [-0.25, -0.2) is 4.98 Å². The van der Waals surface area contributed by atoms with Crippen molar-refractivity contribution in [2.75, 3.05) is 11.9 Å². The van der Waals surface area contributed by atoms with Gasteiger partial charge >= 0.3 is 6.61 Å². The molecule has 1 N–H and O–H groups in total. The number of carbonyl (C=O) groups is 2. The summed E-state index contributed by atoms with van der Waals surface area (Å²) >= 11 is 1.37. The van der Waals surface area contributed by atoms with Gasteiger partial charge in [-0.3, -0.25) is 9.59 Å². The monoisotopic (exact) mass is 407 g/mol. The van der Waals surface area contributed by atoms with Crippen LogP contribution in [0.3, 0.4) is 0 Å². The standard InChI is InChI=1S/C19H19F2N3O3S/c20-18(21)27-15-6-2-1-4-12(15)17(26)24-9-3-5-14(24)16(25)23-19-22-13(10-28-19)11-7-8-11/h1-2,4,6,10-11,14,18H,3,5,7-9H2,(H,22,23,25). The minimum Gasteiger partial charge on any atom is -0.434 e. The summed E-state index contributed by atoms with van der Waals surface area (Å²) in [6.07, 6.45) is 3.42. The van der Waals surface area contributed by atoms with E-state index in [9.17, 15) is 18.4 Å². The minimum absolute atomic E-state index is 0.0211. The number of alkyl halides is 2. The lowest BCUT2D eigenvalue weighted by Crippen LogP contribution is -2.43. The van der Waals surface area contributed by atoms with Crippen molar-refractivity contribution in [3.63, 3.8) is 0 Å². The van der Waals surface area contributed by atoms with E-state index in [-0.39, 0.29) is 17.2 Å². The van der Waals surface area contributed by atoms with Gasteiger partial charge in [0.05, 0.1) is 11.3 Å². The highest BCUT2D eigenvalue weighted by Crippen LogP contribution is 2.41. The second kappa shape index (κ2) is 7.83. The van der Waals surface area contributed by atoms with Gasteiger partial charge < -0.3 is 15.0 Å². The molecule has 1 saturated heterocycles. The molecule has 1 aromatic heterocycles. The van der Waals surface area contributed by atoms with Crippen molar-refractivity contribution in [3.05, 3.63) is 40.9 Å². The van der Waals surface area contributed by atoms with Gasteiger partial charge in [-0.05, 0) is 37.8 Å². The molecule has 148 valence electrons. The van der Waals surface area contributed by atoms with E-state index in [2.05, 4.69) is 15.0 Å². The maximum absolute atomic E-state index is 12.9. The van der Waals surface area contributed by atoms with Crippen LogP contribution in [0.25, 0.3) is 0 Å². The van der Waals surface area contributed by atoms with Crippen LogP contribution in [0.2, 0.25) is 0 Å². The predicted molar refractivity (Wildman–Crippen MR) is 99.9 cm³/mol. The number of hydrogen-bond donors (Lipinski definition) is 1. The third-order valence-corrected chi connectivity index (χ3v) is 5.67. The first-order valence-corrected chi connectivity index (χ1v) is 10.0. The molecule has 9 heteroatoms. The van der Waals surface area contributed by atoms with Crippen molar-refractivity contribution in [2.24, 2.45) is 0 Å². The van der Waals surface area contributed by atoms with E-state index in [1.54, 1.807) is 6.07 Å². The molecule has 2 heterocycles. The van der Waals surface area contributed by atoms with Crippen molar-refractivity contribution < 1.29 is 23.1 Å². The number of nitrogens with one attached hydrogen (secondary N) is 1. The summed E-state index contributed by atoms with van der Waals surface area (Å²) in [4.78, 5) is 31.5. The Kier molecular flexibility index (Phi) is 5.25. The zero-order chi connectivity index (χ0) is 19.7. The summed E-state index contributed by atoms with van der Waals surface area (Å²) in [6, 6.07) is 5.17. The molecule has 1 aliphatic heterocycles. The van der Waals surface area contributed by atoms with E-state index < -0.39 is 18.6 Å². The molecule has 1 unspecified atom stereocenters. The molecule has 2 aliphatic rings. The molecule has 4 rings (SSSR count). The summed E-state index contributed by atoms with van der Waals surface area (Å²) in [7, 11) is 0. The molecule has 2 fully saturated rings. The number of benzene rings is 1. The predicted octanol–water partition coefficient (Wildman–Crippen LogP) is 3.87. The van der Waals surface area contributed by atoms with Gasteiger partial charge in [0.2, 0.25) is 5.91 Å². The third-order valence-electron chi connectivity index (χ3n) is 4.90. The number of para-hydroxylation sites is 1. The molecule has 1 saturated carbocycles. The lowest BCUT2D eigenvalue weighted by molar-refractivity contribution is -0.119. The molecule has 0 bridgehead atoms. The van der Waals surface area contributed by atoms with E-state index in [1.165, 1.54) is 34.4 Å². The van der Waals surface area contributed by atoms with Gasteiger partial charge in [-0.1, -0.05) is 12.1 Å². The van der Waals surface area contributed by atoms with Crippen LogP contribution in [0.15, 0.2) is 29.6 Å². The number of ether oxygens (including phenoxy) is 1. The van der Waals surface area contributed by atoms with Crippen LogP contribution >= 0.6 is 11.3 Å². The fourth-order valence-electron chi connectivity index (χ4n) is 3.38. The second-order valence-electron chi connectivity index (χ2n) is 6.87. The molecule has 0 spiro atoms. The van der Waals surface area contributed by atoms with Gasteiger partial charge in [-0.15, -0.1) is 11.3 Å². The third kappa shape index (κ3) is 3.99. The lowest BCUT2D eigenvalue weighted by atomic mass is 10.1. The summed E-state index contributed by atoms with van der Waals surface area (Å²) in [5.41, 5.74) is 1.02. The molecule has 2 aromatic rings. The van der Waals surface area contributed by atoms with Crippen LogP contribution < -0.4 is 10.1 Å². The maximum Gasteiger partial charge on any atom is 0.387 e. The van der Waals surface area contributed by atoms with Crippen molar-refractivity contribution in [1.29, 1.82) is 0 Å². The number of thiazole rings is 1. The minimum atomic E-state index is -3.03. The van der Waals surface area contributed by atoms with Gasteiger partial charge in [0, 0.05) is 17.8 Å². The Morgan fingerprint density at radius 1 is 1.25 bits per heavy atom. The Morgan fingerprint density at radius 3 is 2.79 bits per heavy atom. The number of hydrogen-bond acceptors (Lipinski definition) is 5. The molecule has 6 nitrogen and oxygen atoms in total. The van der Waals surface area contributed by atoms with Crippen molar-refractivity contribution in [1.82, 2.24) is 9.88 Å². The van der Waals surface area contributed by atoms with Crippen LogP contribution in [-0.2, 0) is 4.79 Å². The first-order chi connectivity index (χ1) is 13.5. The number of amides is 2. The number of halogens is 2. The summed E-state index contributed by atoms with van der Waals surface area (Å²) in [5.74, 6) is -0.498. The molecule has 1 aliphatic carbocycles. The summed E-state index contributed by atoms with van der Waals surface area (Å²) in [6.45, 7) is -2.65. The smallest absolute Gasteiger partial charge is 0.387 e. The Bertz CT molecular complexity index is 885. The van der Waals surface area contributed by atoms with Crippen molar-refractivity contribution >= 4 is 28.3 Å². The average molecular weight is 407 g/mol. The number of rotatable bonds is 6. The highest BCUT2D eigenvalue weighted by Gasteiger charge is 2.36. The fourth-order valence-corrected chi connectivity index (χ4v) is 4.17. The van der Waals surface area contributed by atoms with Crippen LogP contribution in [0.1, 0.15) is 47.7 Å². The molecule has 0 radical (unpaired) electrons. The highest BCUT2D eigenvalue weighted by atomic mass is 32.1. The Hall–Kier alpha value is -2.55. The molecule has 28 heavy (non-hydrogen) atoms. The fraction of sp³-hybridized carbons (Fsp3) is 0.421. The van der Waals surface area contributed by atoms with Crippen molar-refractivity contribution in [3.8, 4) is 5.75 Å². The Labute approximate surface area is 164 Å². The maximum atomic E-state index is 12.9. The first kappa shape index (κ1) is 18.8. The van der Waals surface area contributed by atoms with E-state index in [1.807, 2.05) is 5.38 Å². The quantitative estimate of drug-likeness (QED) is 0.789. The number of likely N-dealkylation sites (tertiary alicyclic amines) is 1. The van der Waals surface area contributed by atoms with E-state index in [4.69, 9.17) is 0 Å². The normalized spacial score (nSPS) is 19.1. The zero-order valence-corrected chi connectivity index (χ0v) is 15.8. The van der Waals surface area contributed by atoms with E-state index in [0.717, 1.165) is 18.5 Å². The van der Waals surface area contributed by atoms with Crippen LogP contribution in [0.5, 0.6) is 5.75 Å². The van der Waals surface area contributed by atoms with Crippen molar-refractivity contribution in [2.45, 2.75) is 44.3 Å². The summed E-state index contributed by atoms with van der Waals surface area (Å²) < 4.78 is 29.7. The van der Waals surface area contributed by atoms with Gasteiger partial charge in [0.15, 0.2) is 5.13 Å². The Morgan fingerprint density at radius 2 is 2.04 bits per heavy atom. The number of anilines is 1. The zero-order valence-electron chi connectivity index (χ0n) is 14.9.